The molecule has 1 N–H and O–H groups in total. The molecule has 1 rings (SSSR count). The minimum Gasteiger partial charge on any atom is -0.351 e. The van der Waals surface area contributed by atoms with Crippen molar-refractivity contribution in [2.24, 2.45) is 5.92 Å². The average molecular weight is 135 g/mol. The van der Waals surface area contributed by atoms with Crippen LogP contribution >= 0.6 is 0 Å². The van der Waals surface area contributed by atoms with Gasteiger partial charge in [0.25, 0.3) is 0 Å². The molecule has 0 amide bonds. The Morgan fingerprint density at radius 1 is 1.80 bits per heavy atom. The summed E-state index contributed by atoms with van der Waals surface area (Å²) in [5.41, 5.74) is 0.979. The van der Waals surface area contributed by atoms with E-state index in [1.807, 2.05) is 18.7 Å². The van der Waals surface area contributed by atoms with Crippen LogP contribution in [-0.2, 0) is 0 Å². The van der Waals surface area contributed by atoms with E-state index in [1.165, 1.54) is 0 Å². The summed E-state index contributed by atoms with van der Waals surface area (Å²) in [5, 5.41) is 0. The van der Waals surface area contributed by atoms with Crippen LogP contribution in [0.25, 0.3) is 0 Å². The standard InChI is InChI=1S/C8H11N2/c1-3-7(2)4-8-5-9-6-10-8/h3-7H,1H2,2H3,(H,9,10). The van der Waals surface area contributed by atoms with Crippen LogP contribution in [0.3, 0.4) is 0 Å². The maximum absolute atomic E-state index is 4.05. The molecule has 53 valence electrons. The van der Waals surface area contributed by atoms with E-state index < -0.39 is 0 Å². The highest BCUT2D eigenvalue weighted by Gasteiger charge is 1.99. The third kappa shape index (κ3) is 1.72. The van der Waals surface area contributed by atoms with Gasteiger partial charge < -0.3 is 4.98 Å². The van der Waals surface area contributed by atoms with Crippen molar-refractivity contribution >= 4 is 0 Å². The molecule has 0 saturated carbocycles. The maximum atomic E-state index is 4.05. The highest BCUT2D eigenvalue weighted by atomic mass is 14.9. The van der Waals surface area contributed by atoms with Crippen molar-refractivity contribution in [3.8, 4) is 0 Å². The Bertz CT molecular complexity index is 189. The fraction of sp³-hybridized carbons (Fsp3) is 0.250. The molecule has 0 spiro atoms. The molecule has 0 aliphatic rings. The first kappa shape index (κ1) is 7.06. The molecule has 1 unspecified atom stereocenters. The summed E-state index contributed by atoms with van der Waals surface area (Å²) in [5.74, 6) is 0.392. The van der Waals surface area contributed by atoms with Gasteiger partial charge in [0, 0.05) is 12.6 Å². The molecular weight excluding hydrogens is 124 g/mol. The molecule has 0 fully saturated rings. The van der Waals surface area contributed by atoms with Crippen LogP contribution in [0, 0.1) is 12.3 Å². The van der Waals surface area contributed by atoms with Crippen LogP contribution in [0.1, 0.15) is 12.6 Å². The van der Waals surface area contributed by atoms with E-state index in [2.05, 4.69) is 23.5 Å². The predicted molar refractivity (Wildman–Crippen MR) is 41.4 cm³/mol. The lowest BCUT2D eigenvalue weighted by molar-refractivity contribution is 0.864. The van der Waals surface area contributed by atoms with E-state index in [1.54, 1.807) is 6.33 Å². The van der Waals surface area contributed by atoms with Crippen molar-refractivity contribution in [2.45, 2.75) is 6.92 Å². The minimum absolute atomic E-state index is 0.392. The number of rotatable bonds is 3. The molecule has 2 nitrogen and oxygen atoms in total. The summed E-state index contributed by atoms with van der Waals surface area (Å²) in [6.45, 7) is 5.74. The highest BCUT2D eigenvalue weighted by molar-refractivity contribution is 5.11. The quantitative estimate of drug-likeness (QED) is 0.629. The lowest BCUT2D eigenvalue weighted by Gasteiger charge is -1.99. The van der Waals surface area contributed by atoms with Gasteiger partial charge in [0.05, 0.1) is 12.0 Å². The summed E-state index contributed by atoms with van der Waals surface area (Å²) in [4.78, 5) is 6.93. The Hall–Kier alpha value is -1.05. The molecule has 1 heterocycles. The second-order valence-corrected chi connectivity index (χ2v) is 2.26. The zero-order valence-electron chi connectivity index (χ0n) is 6.04. The largest absolute Gasteiger partial charge is 0.351 e. The predicted octanol–water partition coefficient (Wildman–Crippen LogP) is 1.78. The van der Waals surface area contributed by atoms with Gasteiger partial charge in [-0.25, -0.2) is 4.98 Å². The fourth-order valence-corrected chi connectivity index (χ4v) is 0.700. The third-order valence-electron chi connectivity index (χ3n) is 1.32. The third-order valence-corrected chi connectivity index (χ3v) is 1.32. The molecule has 2 heteroatoms. The molecule has 0 aliphatic heterocycles. The number of nitrogens with one attached hydrogen (secondary N) is 1. The second-order valence-electron chi connectivity index (χ2n) is 2.26. The smallest absolute Gasteiger partial charge is 0.0923 e. The molecule has 1 aromatic heterocycles. The van der Waals surface area contributed by atoms with E-state index in [9.17, 15) is 0 Å². The summed E-state index contributed by atoms with van der Waals surface area (Å²) >= 11 is 0. The van der Waals surface area contributed by atoms with Crippen LogP contribution in [0.5, 0.6) is 0 Å². The summed E-state index contributed by atoms with van der Waals surface area (Å²) in [6, 6.07) is 0. The minimum atomic E-state index is 0.392. The molecule has 10 heavy (non-hydrogen) atoms. The van der Waals surface area contributed by atoms with Crippen LogP contribution in [0.15, 0.2) is 25.2 Å². The lowest BCUT2D eigenvalue weighted by Crippen LogP contribution is -1.91. The average Bonchev–Trinajstić information content (AvgIpc) is 2.40. The molecule has 0 bridgehead atoms. The maximum Gasteiger partial charge on any atom is 0.0923 e. The van der Waals surface area contributed by atoms with Gasteiger partial charge in [0.2, 0.25) is 0 Å². The number of imidazole rings is 1. The highest BCUT2D eigenvalue weighted by Crippen LogP contribution is 2.07. The van der Waals surface area contributed by atoms with Crippen LogP contribution in [0.4, 0.5) is 0 Å². The first-order valence-electron chi connectivity index (χ1n) is 3.29. The van der Waals surface area contributed by atoms with E-state index in [-0.39, 0.29) is 0 Å². The summed E-state index contributed by atoms with van der Waals surface area (Å²) in [7, 11) is 0. The van der Waals surface area contributed by atoms with Crippen LogP contribution < -0.4 is 0 Å². The van der Waals surface area contributed by atoms with Gasteiger partial charge in [-0.15, -0.1) is 6.58 Å². The van der Waals surface area contributed by atoms with E-state index in [0.29, 0.717) is 5.92 Å². The Morgan fingerprint density at radius 2 is 2.60 bits per heavy atom. The molecule has 0 aromatic carbocycles. The lowest BCUT2D eigenvalue weighted by atomic mass is 10.1. The molecule has 0 saturated heterocycles. The van der Waals surface area contributed by atoms with E-state index >= 15 is 0 Å². The van der Waals surface area contributed by atoms with E-state index in [0.717, 1.165) is 5.69 Å². The van der Waals surface area contributed by atoms with Gasteiger partial charge in [0.15, 0.2) is 0 Å². The monoisotopic (exact) mass is 135 g/mol. The van der Waals surface area contributed by atoms with Crippen molar-refractivity contribution < 1.29 is 0 Å². The first-order valence-corrected chi connectivity index (χ1v) is 3.29. The zero-order chi connectivity index (χ0) is 7.40. The number of H-pyrrole nitrogens is 1. The number of allylic oxidation sites excluding steroid dienone is 1. The van der Waals surface area contributed by atoms with Gasteiger partial charge in [-0.1, -0.05) is 13.0 Å². The summed E-state index contributed by atoms with van der Waals surface area (Å²) < 4.78 is 0. The molecule has 1 aromatic rings. The molecule has 1 atom stereocenters. The van der Waals surface area contributed by atoms with Crippen molar-refractivity contribution in [3.05, 3.63) is 37.3 Å². The van der Waals surface area contributed by atoms with E-state index in [4.69, 9.17) is 0 Å². The van der Waals surface area contributed by atoms with Crippen molar-refractivity contribution in [3.63, 3.8) is 0 Å². The molecule has 0 aliphatic carbocycles. The Kier molecular flexibility index (Phi) is 2.26. The van der Waals surface area contributed by atoms with Gasteiger partial charge in [-0.3, -0.25) is 0 Å². The Labute approximate surface area is 61.0 Å². The van der Waals surface area contributed by atoms with Gasteiger partial charge >= 0.3 is 0 Å². The number of aromatic amines is 1. The van der Waals surface area contributed by atoms with Crippen LogP contribution in [-0.4, -0.2) is 9.97 Å². The summed E-state index contributed by atoms with van der Waals surface area (Å²) in [6.07, 6.45) is 7.46. The number of hydrogen-bond donors (Lipinski definition) is 1. The molecule has 1 radical (unpaired) electrons. The topological polar surface area (TPSA) is 28.7 Å². The first-order chi connectivity index (χ1) is 4.83. The van der Waals surface area contributed by atoms with Crippen molar-refractivity contribution in [1.82, 2.24) is 9.97 Å². The number of nitrogens with zero attached hydrogens (tertiary/aromatic N) is 1. The zero-order valence-corrected chi connectivity index (χ0v) is 6.04. The number of hydrogen-bond acceptors (Lipinski definition) is 1. The van der Waals surface area contributed by atoms with Gasteiger partial charge in [0.1, 0.15) is 0 Å². The molecular formula is C8H11N2. The van der Waals surface area contributed by atoms with Gasteiger partial charge in [-0.2, -0.15) is 0 Å². The fourth-order valence-electron chi connectivity index (χ4n) is 0.700. The second kappa shape index (κ2) is 3.20. The Balaban J connectivity index is 2.47. The van der Waals surface area contributed by atoms with Crippen molar-refractivity contribution in [1.29, 1.82) is 0 Å². The normalized spacial score (nSPS) is 12.9. The van der Waals surface area contributed by atoms with Crippen molar-refractivity contribution in [2.75, 3.05) is 0 Å². The Morgan fingerprint density at radius 3 is 3.10 bits per heavy atom. The number of aromatic nitrogens is 2. The van der Waals surface area contributed by atoms with Gasteiger partial charge in [-0.05, 0) is 5.92 Å². The SMILES string of the molecule is C=CC(C)[CH]c1c[nH]cn1. The van der Waals surface area contributed by atoms with Crippen LogP contribution in [0.2, 0.25) is 0 Å².